The first-order valence-corrected chi connectivity index (χ1v) is 4.99. The largest absolute Gasteiger partial charge is 0.241 e. The number of rotatable bonds is 2. The summed E-state index contributed by atoms with van der Waals surface area (Å²) in [5, 5.41) is 0. The van der Waals surface area contributed by atoms with Crippen molar-refractivity contribution in [1.82, 2.24) is 9.97 Å². The van der Waals surface area contributed by atoms with Crippen LogP contribution in [-0.4, -0.2) is 9.97 Å². The molecule has 76 valence electrons. The monoisotopic (exact) mass is 200 g/mol. The normalized spacial score (nSPS) is 10.3. The second kappa shape index (κ2) is 4.17. The minimum absolute atomic E-state index is 0.826. The molecule has 0 aliphatic rings. The van der Waals surface area contributed by atoms with Crippen LogP contribution < -0.4 is 4.57 Å². The zero-order valence-corrected chi connectivity index (χ0v) is 9.01. The molecule has 0 amide bonds. The minimum atomic E-state index is 0.826. The highest BCUT2D eigenvalue weighted by molar-refractivity contribution is 5.14. The molecule has 0 bridgehead atoms. The molecule has 15 heavy (non-hydrogen) atoms. The van der Waals surface area contributed by atoms with E-state index in [4.69, 9.17) is 0 Å². The third-order valence-corrected chi connectivity index (χ3v) is 2.33. The molecular weight excluding hydrogens is 186 g/mol. The molecule has 0 aromatic carbocycles. The molecule has 2 aromatic rings. The molecule has 2 heterocycles. The molecule has 0 unspecified atom stereocenters. The van der Waals surface area contributed by atoms with Crippen LogP contribution in [0.3, 0.4) is 0 Å². The summed E-state index contributed by atoms with van der Waals surface area (Å²) in [6, 6.07) is 6.05. The summed E-state index contributed by atoms with van der Waals surface area (Å²) in [6.07, 6.45) is 5.98. The number of hydrogen-bond donors (Lipinski definition) is 0. The summed E-state index contributed by atoms with van der Waals surface area (Å²) in [4.78, 5) is 8.56. The van der Waals surface area contributed by atoms with Gasteiger partial charge in [-0.2, -0.15) is 0 Å². The van der Waals surface area contributed by atoms with Gasteiger partial charge in [0.2, 0.25) is 0 Å². The smallest absolute Gasteiger partial charge is 0.177 e. The van der Waals surface area contributed by atoms with E-state index in [1.807, 2.05) is 50.6 Å². The Morgan fingerprint density at radius 2 is 1.87 bits per heavy atom. The molecule has 0 aliphatic heterocycles. The Labute approximate surface area is 89.5 Å². The van der Waals surface area contributed by atoms with Crippen LogP contribution in [0, 0.1) is 13.8 Å². The maximum atomic E-state index is 4.35. The molecule has 0 fully saturated rings. The first-order chi connectivity index (χ1) is 7.25. The van der Waals surface area contributed by atoms with Crippen LogP contribution in [-0.2, 0) is 6.54 Å². The van der Waals surface area contributed by atoms with E-state index in [0.717, 1.165) is 23.6 Å². The summed E-state index contributed by atoms with van der Waals surface area (Å²) >= 11 is 0. The summed E-state index contributed by atoms with van der Waals surface area (Å²) in [6.45, 7) is 4.76. The Hall–Kier alpha value is -1.77. The van der Waals surface area contributed by atoms with Gasteiger partial charge in [-0.1, -0.05) is 6.07 Å². The van der Waals surface area contributed by atoms with Crippen LogP contribution >= 0.6 is 0 Å². The number of aromatic nitrogens is 3. The number of pyridine rings is 1. The van der Waals surface area contributed by atoms with Crippen LogP contribution in [0.2, 0.25) is 0 Å². The average Bonchev–Trinajstić information content (AvgIpc) is 2.24. The molecule has 0 spiro atoms. The highest BCUT2D eigenvalue weighted by Crippen LogP contribution is 2.02. The molecule has 3 nitrogen and oxygen atoms in total. The molecule has 0 N–H and O–H groups in total. The van der Waals surface area contributed by atoms with E-state index >= 15 is 0 Å². The number of hydrogen-bond acceptors (Lipinski definition) is 2. The fourth-order valence-corrected chi connectivity index (χ4v) is 1.50. The van der Waals surface area contributed by atoms with Crippen molar-refractivity contribution in [2.75, 3.05) is 0 Å². The molecular formula is C12H14N3+. The van der Waals surface area contributed by atoms with E-state index in [0.29, 0.717) is 0 Å². The van der Waals surface area contributed by atoms with Gasteiger partial charge in [-0.25, -0.2) is 14.5 Å². The highest BCUT2D eigenvalue weighted by atomic mass is 14.9. The lowest BCUT2D eigenvalue weighted by Gasteiger charge is -2.01. The van der Waals surface area contributed by atoms with Gasteiger partial charge in [-0.05, 0) is 13.8 Å². The lowest BCUT2D eigenvalue weighted by atomic mass is 10.2. The van der Waals surface area contributed by atoms with Crippen molar-refractivity contribution in [3.63, 3.8) is 0 Å². The lowest BCUT2D eigenvalue weighted by Crippen LogP contribution is -2.33. The molecule has 0 radical (unpaired) electrons. The van der Waals surface area contributed by atoms with Crippen molar-refractivity contribution >= 4 is 0 Å². The SMILES string of the molecule is Cc1ncc(C[n+]2ccccc2)c(C)n1. The minimum Gasteiger partial charge on any atom is -0.241 e. The highest BCUT2D eigenvalue weighted by Gasteiger charge is 2.06. The van der Waals surface area contributed by atoms with Crippen LogP contribution in [0.5, 0.6) is 0 Å². The molecule has 2 aromatic heterocycles. The van der Waals surface area contributed by atoms with Crippen molar-refractivity contribution in [1.29, 1.82) is 0 Å². The van der Waals surface area contributed by atoms with Crippen LogP contribution in [0.4, 0.5) is 0 Å². The van der Waals surface area contributed by atoms with Crippen LogP contribution in [0.25, 0.3) is 0 Å². The summed E-state index contributed by atoms with van der Waals surface area (Å²) in [5.74, 6) is 0.828. The predicted molar refractivity (Wildman–Crippen MR) is 57.2 cm³/mol. The van der Waals surface area contributed by atoms with Gasteiger partial charge in [0.25, 0.3) is 0 Å². The Kier molecular flexibility index (Phi) is 2.72. The van der Waals surface area contributed by atoms with Gasteiger partial charge < -0.3 is 0 Å². The summed E-state index contributed by atoms with van der Waals surface area (Å²) in [5.41, 5.74) is 2.22. The van der Waals surface area contributed by atoms with Gasteiger partial charge in [0.05, 0.1) is 11.3 Å². The zero-order chi connectivity index (χ0) is 10.7. The lowest BCUT2D eigenvalue weighted by molar-refractivity contribution is -0.688. The first-order valence-electron chi connectivity index (χ1n) is 4.99. The Bertz CT molecular complexity index is 452. The van der Waals surface area contributed by atoms with Crippen LogP contribution in [0.1, 0.15) is 17.1 Å². The third-order valence-electron chi connectivity index (χ3n) is 2.33. The van der Waals surface area contributed by atoms with Crippen LogP contribution in [0.15, 0.2) is 36.8 Å². The van der Waals surface area contributed by atoms with Crippen molar-refractivity contribution in [3.05, 3.63) is 53.9 Å². The summed E-state index contributed by atoms with van der Waals surface area (Å²) in [7, 11) is 0. The van der Waals surface area contributed by atoms with Gasteiger partial charge >= 0.3 is 0 Å². The average molecular weight is 200 g/mol. The van der Waals surface area contributed by atoms with Gasteiger partial charge in [-0.15, -0.1) is 0 Å². The van der Waals surface area contributed by atoms with Crippen molar-refractivity contribution in [2.45, 2.75) is 20.4 Å². The van der Waals surface area contributed by atoms with Crippen molar-refractivity contribution < 1.29 is 4.57 Å². The third kappa shape index (κ3) is 2.37. The maximum Gasteiger partial charge on any atom is 0.177 e. The van der Waals surface area contributed by atoms with Crippen molar-refractivity contribution in [3.8, 4) is 0 Å². The first kappa shape index (κ1) is 9.77. The molecule has 0 saturated heterocycles. The van der Waals surface area contributed by atoms with E-state index in [-0.39, 0.29) is 0 Å². The number of aryl methyl sites for hydroxylation is 2. The standard InChI is InChI=1S/C12H14N3/c1-10-12(8-13-11(2)14-10)9-15-6-4-3-5-7-15/h3-8H,9H2,1-2H3/q+1. The van der Waals surface area contributed by atoms with Gasteiger partial charge in [0.15, 0.2) is 18.9 Å². The molecule has 2 rings (SSSR count). The maximum absolute atomic E-state index is 4.35. The fourth-order valence-electron chi connectivity index (χ4n) is 1.50. The topological polar surface area (TPSA) is 29.7 Å². The predicted octanol–water partition coefficient (Wildman–Crippen LogP) is 1.43. The van der Waals surface area contributed by atoms with E-state index in [1.54, 1.807) is 0 Å². The second-order valence-corrected chi connectivity index (χ2v) is 3.58. The van der Waals surface area contributed by atoms with Gasteiger partial charge in [0.1, 0.15) is 5.82 Å². The molecule has 0 saturated carbocycles. The Morgan fingerprint density at radius 3 is 2.53 bits per heavy atom. The quantitative estimate of drug-likeness (QED) is 0.686. The van der Waals surface area contributed by atoms with Gasteiger partial charge in [-0.3, -0.25) is 0 Å². The molecule has 0 aliphatic carbocycles. The van der Waals surface area contributed by atoms with E-state index in [1.165, 1.54) is 0 Å². The Morgan fingerprint density at radius 1 is 1.13 bits per heavy atom. The van der Waals surface area contributed by atoms with Gasteiger partial charge in [0, 0.05) is 18.3 Å². The summed E-state index contributed by atoms with van der Waals surface area (Å²) < 4.78 is 2.11. The van der Waals surface area contributed by atoms with E-state index < -0.39 is 0 Å². The number of nitrogens with zero attached hydrogens (tertiary/aromatic N) is 3. The fraction of sp³-hybridized carbons (Fsp3) is 0.250. The Balaban J connectivity index is 2.25. The second-order valence-electron chi connectivity index (χ2n) is 3.58. The molecule has 3 heteroatoms. The van der Waals surface area contributed by atoms with E-state index in [2.05, 4.69) is 14.5 Å². The van der Waals surface area contributed by atoms with E-state index in [9.17, 15) is 0 Å². The zero-order valence-electron chi connectivity index (χ0n) is 9.01. The molecule has 0 atom stereocenters. The van der Waals surface area contributed by atoms with Crippen molar-refractivity contribution in [2.24, 2.45) is 0 Å².